The van der Waals surface area contributed by atoms with Gasteiger partial charge >= 0.3 is 0 Å². The highest BCUT2D eigenvalue weighted by molar-refractivity contribution is 9.10. The molecule has 2 aromatic rings. The monoisotopic (exact) mass is 339 g/mol. The van der Waals surface area contributed by atoms with Gasteiger partial charge in [0.15, 0.2) is 0 Å². The van der Waals surface area contributed by atoms with E-state index >= 15 is 0 Å². The lowest BCUT2D eigenvalue weighted by Gasteiger charge is -2.16. The summed E-state index contributed by atoms with van der Waals surface area (Å²) in [6, 6.07) is 11.4. The summed E-state index contributed by atoms with van der Waals surface area (Å²) in [7, 11) is 1.60. The van der Waals surface area contributed by atoms with Crippen molar-refractivity contribution in [2.24, 2.45) is 5.73 Å². The predicted octanol–water partition coefficient (Wildman–Crippen LogP) is 4.47. The van der Waals surface area contributed by atoms with E-state index in [4.69, 9.17) is 22.1 Å². The lowest BCUT2D eigenvalue weighted by atomic mass is 9.98. The zero-order chi connectivity index (χ0) is 14.0. The van der Waals surface area contributed by atoms with Gasteiger partial charge in [0, 0.05) is 4.47 Å². The van der Waals surface area contributed by atoms with Gasteiger partial charge < -0.3 is 10.5 Å². The van der Waals surface area contributed by atoms with Crippen LogP contribution in [-0.4, -0.2) is 7.11 Å². The van der Waals surface area contributed by atoms with E-state index in [0.717, 1.165) is 21.2 Å². The first-order valence-electron chi connectivity index (χ1n) is 5.88. The largest absolute Gasteiger partial charge is 0.495 e. The molecule has 2 aromatic carbocycles. The third-order valence-electron chi connectivity index (χ3n) is 3.09. The zero-order valence-corrected chi connectivity index (χ0v) is 13.1. The summed E-state index contributed by atoms with van der Waals surface area (Å²) in [4.78, 5) is 0. The highest BCUT2D eigenvalue weighted by Gasteiger charge is 2.14. The van der Waals surface area contributed by atoms with Crippen LogP contribution in [0.25, 0.3) is 0 Å². The second-order valence-corrected chi connectivity index (χ2v) is 5.55. The maximum absolute atomic E-state index is 6.32. The molecule has 0 aliphatic rings. The van der Waals surface area contributed by atoms with E-state index in [9.17, 15) is 0 Å². The molecule has 0 spiro atoms. The number of halogens is 2. The van der Waals surface area contributed by atoms with Gasteiger partial charge in [-0.05, 0) is 35.7 Å². The molecule has 0 saturated carbocycles. The summed E-state index contributed by atoms with van der Waals surface area (Å²) in [6.07, 6.45) is 0. The standard InChI is InChI=1S/C15H15BrClNO/c1-9-4-3-5-11(14(9)16)15(18)10-6-7-13(19-2)12(17)8-10/h3-8,15H,18H2,1-2H3. The number of hydrogen-bond donors (Lipinski definition) is 1. The average Bonchev–Trinajstić information content (AvgIpc) is 2.41. The molecule has 0 aliphatic heterocycles. The van der Waals surface area contributed by atoms with Gasteiger partial charge in [0.2, 0.25) is 0 Å². The van der Waals surface area contributed by atoms with Crippen LogP contribution in [0.3, 0.4) is 0 Å². The molecular weight excluding hydrogens is 326 g/mol. The molecule has 0 aliphatic carbocycles. The van der Waals surface area contributed by atoms with Crippen molar-refractivity contribution < 1.29 is 4.74 Å². The second-order valence-electron chi connectivity index (χ2n) is 4.35. The van der Waals surface area contributed by atoms with Crippen LogP contribution in [0.5, 0.6) is 5.75 Å². The van der Waals surface area contributed by atoms with Gasteiger partial charge in [0.05, 0.1) is 18.2 Å². The maximum Gasteiger partial charge on any atom is 0.137 e. The fourth-order valence-electron chi connectivity index (χ4n) is 1.97. The number of ether oxygens (including phenoxy) is 1. The Morgan fingerprint density at radius 3 is 2.63 bits per heavy atom. The van der Waals surface area contributed by atoms with Gasteiger partial charge in [-0.2, -0.15) is 0 Å². The SMILES string of the molecule is COc1ccc(C(N)c2cccc(C)c2Br)cc1Cl. The Morgan fingerprint density at radius 2 is 2.00 bits per heavy atom. The lowest BCUT2D eigenvalue weighted by molar-refractivity contribution is 0.415. The minimum absolute atomic E-state index is 0.224. The van der Waals surface area contributed by atoms with Crippen LogP contribution < -0.4 is 10.5 Å². The van der Waals surface area contributed by atoms with Crippen molar-refractivity contribution >= 4 is 27.5 Å². The Kier molecular flexibility index (Phi) is 4.50. The van der Waals surface area contributed by atoms with Crippen LogP contribution in [0.15, 0.2) is 40.9 Å². The third-order valence-corrected chi connectivity index (χ3v) is 4.47. The van der Waals surface area contributed by atoms with Crippen molar-refractivity contribution in [2.75, 3.05) is 7.11 Å². The van der Waals surface area contributed by atoms with Crippen LogP contribution in [0.2, 0.25) is 5.02 Å². The van der Waals surface area contributed by atoms with E-state index in [0.29, 0.717) is 10.8 Å². The van der Waals surface area contributed by atoms with Gasteiger partial charge in [0.1, 0.15) is 5.75 Å². The van der Waals surface area contributed by atoms with Gasteiger partial charge in [-0.3, -0.25) is 0 Å². The molecule has 2 rings (SSSR count). The summed E-state index contributed by atoms with van der Waals surface area (Å²) in [5.41, 5.74) is 9.48. The van der Waals surface area contributed by atoms with Gasteiger partial charge in [-0.15, -0.1) is 0 Å². The normalized spacial score (nSPS) is 12.3. The van der Waals surface area contributed by atoms with Gasteiger partial charge in [0.25, 0.3) is 0 Å². The van der Waals surface area contributed by atoms with Crippen LogP contribution in [-0.2, 0) is 0 Å². The van der Waals surface area contributed by atoms with Crippen molar-refractivity contribution in [3.8, 4) is 5.75 Å². The Hall–Kier alpha value is -1.03. The third kappa shape index (κ3) is 2.94. The summed E-state index contributed by atoms with van der Waals surface area (Å²) in [5.74, 6) is 0.654. The fourth-order valence-corrected chi connectivity index (χ4v) is 2.74. The Morgan fingerprint density at radius 1 is 1.26 bits per heavy atom. The molecule has 0 bridgehead atoms. The number of rotatable bonds is 3. The molecule has 100 valence electrons. The molecule has 2 N–H and O–H groups in total. The van der Waals surface area contributed by atoms with E-state index in [-0.39, 0.29) is 6.04 Å². The fraction of sp³-hybridized carbons (Fsp3) is 0.200. The summed E-state index contributed by atoms with van der Waals surface area (Å²) in [6.45, 7) is 2.04. The zero-order valence-electron chi connectivity index (χ0n) is 10.8. The van der Waals surface area contributed by atoms with Crippen LogP contribution >= 0.6 is 27.5 Å². The number of nitrogens with two attached hydrogens (primary N) is 1. The van der Waals surface area contributed by atoms with Gasteiger partial charge in [-0.25, -0.2) is 0 Å². The maximum atomic E-state index is 6.32. The van der Waals surface area contributed by atoms with E-state index in [1.54, 1.807) is 7.11 Å². The number of benzene rings is 2. The smallest absolute Gasteiger partial charge is 0.137 e. The Bertz CT molecular complexity index is 601. The second kappa shape index (κ2) is 5.95. The van der Waals surface area contributed by atoms with E-state index in [2.05, 4.69) is 15.9 Å². The molecule has 0 heterocycles. The molecule has 1 atom stereocenters. The number of aryl methyl sites for hydroxylation is 1. The Labute approximate surface area is 126 Å². The number of methoxy groups -OCH3 is 1. The summed E-state index contributed by atoms with van der Waals surface area (Å²) in [5, 5.41) is 0.569. The highest BCUT2D eigenvalue weighted by Crippen LogP contribution is 2.32. The first kappa shape index (κ1) is 14.4. The van der Waals surface area contributed by atoms with E-state index in [1.807, 2.05) is 43.3 Å². The molecule has 2 nitrogen and oxygen atoms in total. The summed E-state index contributed by atoms with van der Waals surface area (Å²) < 4.78 is 6.18. The minimum Gasteiger partial charge on any atom is -0.495 e. The quantitative estimate of drug-likeness (QED) is 0.895. The molecule has 0 saturated heterocycles. The van der Waals surface area contributed by atoms with Crippen molar-refractivity contribution in [1.82, 2.24) is 0 Å². The molecule has 0 fully saturated rings. The molecule has 0 amide bonds. The molecular formula is C15H15BrClNO. The first-order chi connectivity index (χ1) is 9.04. The molecule has 0 aromatic heterocycles. The van der Waals surface area contributed by atoms with Gasteiger partial charge in [-0.1, -0.05) is 51.8 Å². The average molecular weight is 341 g/mol. The molecule has 4 heteroatoms. The van der Waals surface area contributed by atoms with E-state index in [1.165, 1.54) is 0 Å². The summed E-state index contributed by atoms with van der Waals surface area (Å²) >= 11 is 9.73. The van der Waals surface area contributed by atoms with Crippen molar-refractivity contribution in [1.29, 1.82) is 0 Å². The molecule has 1 unspecified atom stereocenters. The van der Waals surface area contributed by atoms with Crippen molar-refractivity contribution in [3.63, 3.8) is 0 Å². The van der Waals surface area contributed by atoms with Crippen LogP contribution in [0.4, 0.5) is 0 Å². The number of hydrogen-bond acceptors (Lipinski definition) is 2. The minimum atomic E-state index is -0.224. The van der Waals surface area contributed by atoms with E-state index < -0.39 is 0 Å². The Balaban J connectivity index is 2.41. The lowest BCUT2D eigenvalue weighted by Crippen LogP contribution is -2.13. The van der Waals surface area contributed by atoms with Crippen molar-refractivity contribution in [2.45, 2.75) is 13.0 Å². The van der Waals surface area contributed by atoms with Crippen LogP contribution in [0, 0.1) is 6.92 Å². The highest BCUT2D eigenvalue weighted by atomic mass is 79.9. The topological polar surface area (TPSA) is 35.2 Å². The first-order valence-corrected chi connectivity index (χ1v) is 7.05. The van der Waals surface area contributed by atoms with Crippen molar-refractivity contribution in [3.05, 3.63) is 62.6 Å². The molecule has 0 radical (unpaired) electrons. The van der Waals surface area contributed by atoms with Crippen LogP contribution in [0.1, 0.15) is 22.7 Å². The molecule has 19 heavy (non-hydrogen) atoms. The predicted molar refractivity (Wildman–Crippen MR) is 82.9 cm³/mol.